The molecule has 2 N–H and O–H groups in total. The smallest absolute Gasteiger partial charge is 0.413 e. The highest BCUT2D eigenvalue weighted by atomic mass is 32.1. The van der Waals surface area contributed by atoms with Crippen LogP contribution in [0.15, 0.2) is 23.1 Å². The Balaban J connectivity index is 2.51. The van der Waals surface area contributed by atoms with Gasteiger partial charge in [-0.2, -0.15) is 4.90 Å². The lowest BCUT2D eigenvalue weighted by Gasteiger charge is -2.07. The van der Waals surface area contributed by atoms with E-state index in [0.717, 1.165) is 10.4 Å². The first-order valence-electron chi connectivity index (χ1n) is 4.21. The van der Waals surface area contributed by atoms with Crippen molar-refractivity contribution in [3.05, 3.63) is 18.2 Å². The van der Waals surface area contributed by atoms with Crippen LogP contribution in [0, 0.1) is 0 Å². The lowest BCUT2D eigenvalue weighted by atomic mass is 10.3. The summed E-state index contributed by atoms with van der Waals surface area (Å²) in [5, 5.41) is 8.76. The highest BCUT2D eigenvalue weighted by Crippen LogP contribution is 2.17. The molecule has 6 heteroatoms. The topological polar surface area (TPSA) is 69.2 Å². The number of nitrogens with one attached hydrogen (secondary N) is 1. The van der Waals surface area contributed by atoms with Crippen molar-refractivity contribution in [1.82, 2.24) is 9.97 Å². The predicted molar refractivity (Wildman–Crippen MR) is 58.2 cm³/mol. The van der Waals surface area contributed by atoms with Crippen molar-refractivity contribution in [1.29, 1.82) is 0 Å². The van der Waals surface area contributed by atoms with Gasteiger partial charge < -0.3 is 22.7 Å². The van der Waals surface area contributed by atoms with E-state index < -0.39 is 6.09 Å². The van der Waals surface area contributed by atoms with Gasteiger partial charge in [0.15, 0.2) is 0 Å². The van der Waals surface area contributed by atoms with Crippen molar-refractivity contribution in [3.8, 4) is 0 Å². The zero-order valence-electron chi connectivity index (χ0n) is 7.89. The van der Waals surface area contributed by atoms with Gasteiger partial charge >= 0.3 is 6.09 Å². The summed E-state index contributed by atoms with van der Waals surface area (Å²) in [5.41, 5.74) is 1.44. The van der Waals surface area contributed by atoms with Crippen LogP contribution >= 0.6 is 0 Å². The fraction of sp³-hybridized carbons (Fsp3) is 0.111. The molecule has 1 amide bonds. The first-order chi connectivity index (χ1) is 7.08. The Morgan fingerprint density at radius 3 is 3.00 bits per heavy atom. The van der Waals surface area contributed by atoms with Crippen LogP contribution in [-0.2, 0) is 12.6 Å². The molecule has 0 aliphatic rings. The SMILES string of the molecule is CN(C(=O)O)c1nc2ccc([S-])cc2[nH]1. The first-order valence-corrected chi connectivity index (χ1v) is 4.62. The molecule has 78 valence electrons. The zero-order chi connectivity index (χ0) is 11.0. The van der Waals surface area contributed by atoms with Crippen LogP contribution in [0.4, 0.5) is 10.7 Å². The third kappa shape index (κ3) is 1.71. The molecule has 0 saturated heterocycles. The molecule has 2 rings (SSSR count). The molecule has 0 unspecified atom stereocenters. The van der Waals surface area contributed by atoms with Crippen molar-refractivity contribution in [2.75, 3.05) is 11.9 Å². The zero-order valence-corrected chi connectivity index (χ0v) is 8.71. The average Bonchev–Trinajstić information content (AvgIpc) is 2.58. The quantitative estimate of drug-likeness (QED) is 0.719. The van der Waals surface area contributed by atoms with Gasteiger partial charge in [-0.25, -0.2) is 9.78 Å². The molecule has 0 bridgehead atoms. The number of amides is 1. The molecule has 1 aromatic carbocycles. The molecule has 0 fully saturated rings. The minimum Gasteiger partial charge on any atom is -0.780 e. The number of carboxylic acid groups (broad SMARTS) is 1. The van der Waals surface area contributed by atoms with Gasteiger partial charge in [0.2, 0.25) is 5.95 Å². The molecule has 15 heavy (non-hydrogen) atoms. The van der Waals surface area contributed by atoms with Crippen LogP contribution in [0.25, 0.3) is 11.0 Å². The lowest BCUT2D eigenvalue weighted by Crippen LogP contribution is -2.24. The van der Waals surface area contributed by atoms with E-state index >= 15 is 0 Å². The van der Waals surface area contributed by atoms with Crippen molar-refractivity contribution in [2.24, 2.45) is 0 Å². The summed E-state index contributed by atoms with van der Waals surface area (Å²) in [7, 11) is 1.43. The van der Waals surface area contributed by atoms with Crippen LogP contribution in [0.2, 0.25) is 0 Å². The molecular formula is C9H8N3O2S-. The maximum atomic E-state index is 10.7. The fourth-order valence-corrected chi connectivity index (χ4v) is 1.41. The molecule has 1 aromatic heterocycles. The summed E-state index contributed by atoms with van der Waals surface area (Å²) in [6.07, 6.45) is -1.06. The van der Waals surface area contributed by atoms with Crippen molar-refractivity contribution < 1.29 is 9.90 Å². The van der Waals surface area contributed by atoms with Gasteiger partial charge in [0.05, 0.1) is 11.0 Å². The largest absolute Gasteiger partial charge is 0.780 e. The molecule has 2 aromatic rings. The highest BCUT2D eigenvalue weighted by molar-refractivity contribution is 7.58. The van der Waals surface area contributed by atoms with Gasteiger partial charge in [-0.3, -0.25) is 4.90 Å². The predicted octanol–water partition coefficient (Wildman–Crippen LogP) is 1.58. The van der Waals surface area contributed by atoms with Gasteiger partial charge in [-0.1, -0.05) is 12.1 Å². The van der Waals surface area contributed by atoms with E-state index in [0.29, 0.717) is 10.4 Å². The Kier molecular flexibility index (Phi) is 2.20. The number of carbonyl (C=O) groups is 1. The van der Waals surface area contributed by atoms with Crippen LogP contribution in [0.3, 0.4) is 0 Å². The van der Waals surface area contributed by atoms with Crippen molar-refractivity contribution >= 4 is 35.7 Å². The number of anilines is 1. The average molecular weight is 222 g/mol. The van der Waals surface area contributed by atoms with Crippen LogP contribution in [0.5, 0.6) is 0 Å². The van der Waals surface area contributed by atoms with Gasteiger partial charge in [0.25, 0.3) is 0 Å². The fourth-order valence-electron chi connectivity index (χ4n) is 1.22. The number of imidazole rings is 1. The number of aromatic amines is 1. The number of H-pyrrole nitrogens is 1. The van der Waals surface area contributed by atoms with Gasteiger partial charge in [-0.15, -0.1) is 0 Å². The molecule has 0 aliphatic heterocycles. The molecule has 0 radical (unpaired) electrons. The molecule has 0 saturated carbocycles. The van der Waals surface area contributed by atoms with Crippen molar-refractivity contribution in [2.45, 2.75) is 4.90 Å². The second-order valence-electron chi connectivity index (χ2n) is 3.08. The summed E-state index contributed by atoms with van der Waals surface area (Å²) < 4.78 is 0. The molecule has 0 aliphatic carbocycles. The van der Waals surface area contributed by atoms with E-state index in [9.17, 15) is 4.79 Å². The molecule has 1 heterocycles. The number of rotatable bonds is 1. The van der Waals surface area contributed by atoms with Crippen LogP contribution < -0.4 is 4.90 Å². The van der Waals surface area contributed by atoms with E-state index in [-0.39, 0.29) is 5.95 Å². The minimum atomic E-state index is -1.06. The van der Waals surface area contributed by atoms with E-state index in [1.165, 1.54) is 7.05 Å². The number of fused-ring (bicyclic) bond motifs is 1. The van der Waals surface area contributed by atoms with E-state index in [4.69, 9.17) is 17.7 Å². The van der Waals surface area contributed by atoms with E-state index in [2.05, 4.69) is 9.97 Å². The number of nitrogens with zero attached hydrogens (tertiary/aromatic N) is 2. The normalized spacial score (nSPS) is 10.5. The second kappa shape index (κ2) is 3.39. The summed E-state index contributed by atoms with van der Waals surface area (Å²) in [5.74, 6) is 0.290. The van der Waals surface area contributed by atoms with Crippen molar-refractivity contribution in [3.63, 3.8) is 0 Å². The number of hydrogen-bond acceptors (Lipinski definition) is 3. The Morgan fingerprint density at radius 1 is 1.60 bits per heavy atom. The molecule has 0 spiro atoms. The molecule has 0 atom stereocenters. The Hall–Kier alpha value is -1.82. The standard InChI is InChI=1S/C9H9N3O2S/c1-12(9(13)14)8-10-6-3-2-5(15)4-7(6)11-8/h2-4,15H,1H3,(H,10,11)(H,13,14)/p-1. The third-order valence-corrected chi connectivity index (χ3v) is 2.30. The van der Waals surface area contributed by atoms with Crippen LogP contribution in [0.1, 0.15) is 0 Å². The van der Waals surface area contributed by atoms with E-state index in [1.807, 2.05) is 0 Å². The van der Waals surface area contributed by atoms with Gasteiger partial charge in [0, 0.05) is 7.05 Å². The highest BCUT2D eigenvalue weighted by Gasteiger charge is 2.12. The summed E-state index contributed by atoms with van der Waals surface area (Å²) >= 11 is 4.99. The molecule has 5 nitrogen and oxygen atoms in total. The second-order valence-corrected chi connectivity index (χ2v) is 3.55. The van der Waals surface area contributed by atoms with Crippen LogP contribution in [-0.4, -0.2) is 28.2 Å². The summed E-state index contributed by atoms with van der Waals surface area (Å²) in [6, 6.07) is 5.26. The monoisotopic (exact) mass is 222 g/mol. The lowest BCUT2D eigenvalue weighted by molar-refractivity contribution is 0.203. The Bertz CT molecular complexity index is 523. The third-order valence-electron chi connectivity index (χ3n) is 2.05. The minimum absolute atomic E-state index is 0.290. The van der Waals surface area contributed by atoms with Gasteiger partial charge in [-0.05, 0) is 6.07 Å². The summed E-state index contributed by atoms with van der Waals surface area (Å²) in [6.45, 7) is 0. The number of benzene rings is 1. The number of hydrogen-bond donors (Lipinski definition) is 2. The maximum absolute atomic E-state index is 10.7. The van der Waals surface area contributed by atoms with E-state index in [1.54, 1.807) is 18.2 Å². The van der Waals surface area contributed by atoms with Gasteiger partial charge in [0.1, 0.15) is 0 Å². The number of aromatic nitrogens is 2. The summed E-state index contributed by atoms with van der Waals surface area (Å²) in [4.78, 5) is 19.4. The Morgan fingerprint density at radius 2 is 2.33 bits per heavy atom. The maximum Gasteiger partial charge on any atom is 0.413 e. The molecular weight excluding hydrogens is 214 g/mol. The first kappa shape index (κ1) is 9.72. The Labute approximate surface area is 91.1 Å².